The molecule has 0 aliphatic heterocycles. The van der Waals surface area contributed by atoms with Crippen LogP contribution in [-0.2, 0) is 0 Å². The van der Waals surface area contributed by atoms with E-state index in [1.54, 1.807) is 19.9 Å². The van der Waals surface area contributed by atoms with Crippen molar-refractivity contribution in [1.29, 1.82) is 0 Å². The summed E-state index contributed by atoms with van der Waals surface area (Å²) in [5.41, 5.74) is 0.641. The van der Waals surface area contributed by atoms with E-state index in [0.29, 0.717) is 17.3 Å². The third-order valence-electron chi connectivity index (χ3n) is 3.66. The van der Waals surface area contributed by atoms with E-state index in [2.05, 4.69) is 30.7 Å². The highest BCUT2D eigenvalue weighted by atomic mass is 19.1. The summed E-state index contributed by atoms with van der Waals surface area (Å²) in [6.45, 7) is 5.42. The van der Waals surface area contributed by atoms with Gasteiger partial charge < -0.3 is 20.5 Å². The van der Waals surface area contributed by atoms with Crippen LogP contribution in [0.4, 0.5) is 26.6 Å². The minimum absolute atomic E-state index is 0.0910. The van der Waals surface area contributed by atoms with Gasteiger partial charge in [0.05, 0.1) is 36.4 Å². The number of hydrogen-bond acceptors (Lipinski definition) is 8. The van der Waals surface area contributed by atoms with Gasteiger partial charge in [0.25, 0.3) is 0 Å². The molecule has 0 saturated heterocycles. The summed E-state index contributed by atoms with van der Waals surface area (Å²) in [6.07, 6.45) is 2.65. The minimum Gasteiger partial charge on any atom is -0.475 e. The molecule has 3 aromatic heterocycles. The first-order valence-electron chi connectivity index (χ1n) is 8.79. The van der Waals surface area contributed by atoms with Crippen LogP contribution in [0.3, 0.4) is 0 Å². The van der Waals surface area contributed by atoms with Crippen molar-refractivity contribution in [3.8, 4) is 5.88 Å². The van der Waals surface area contributed by atoms with E-state index in [4.69, 9.17) is 4.74 Å². The fourth-order valence-electron chi connectivity index (χ4n) is 2.45. The van der Waals surface area contributed by atoms with E-state index >= 15 is 0 Å². The van der Waals surface area contributed by atoms with E-state index in [-0.39, 0.29) is 23.8 Å². The first-order valence-corrected chi connectivity index (χ1v) is 8.79. The molecule has 0 aliphatic carbocycles. The Kier molecular flexibility index (Phi) is 5.86. The molecule has 0 aromatic carbocycles. The lowest BCUT2D eigenvalue weighted by Crippen LogP contribution is -2.15. The number of anilines is 3. The van der Waals surface area contributed by atoms with Gasteiger partial charge in [-0.25, -0.2) is 14.2 Å². The second-order valence-electron chi connectivity index (χ2n) is 6.41. The van der Waals surface area contributed by atoms with Crippen molar-refractivity contribution in [1.82, 2.24) is 24.7 Å². The van der Waals surface area contributed by atoms with Crippen molar-refractivity contribution < 1.29 is 19.0 Å². The van der Waals surface area contributed by atoms with Gasteiger partial charge in [0.15, 0.2) is 11.6 Å². The molecule has 0 amide bonds. The normalized spacial score (nSPS) is 11.9. The summed E-state index contributed by atoms with van der Waals surface area (Å²) in [4.78, 5) is 23.8. The monoisotopic (exact) mass is 401 g/mol. The summed E-state index contributed by atoms with van der Waals surface area (Å²) < 4.78 is 19.2. The van der Waals surface area contributed by atoms with Gasteiger partial charge in [0, 0.05) is 6.07 Å². The second kappa shape index (κ2) is 8.50. The number of pyridine rings is 1. The van der Waals surface area contributed by atoms with Gasteiger partial charge in [0.1, 0.15) is 11.6 Å². The molecule has 0 radical (unpaired) electrons. The number of hydrogen-bond donors (Lipinski definition) is 3. The molecule has 0 saturated carbocycles. The molecule has 0 fully saturated rings. The molecular formula is C18H20FN7O3. The highest BCUT2D eigenvalue weighted by molar-refractivity contribution is 5.70. The largest absolute Gasteiger partial charge is 0.475 e. The van der Waals surface area contributed by atoms with E-state index in [1.807, 2.05) is 6.92 Å². The fourth-order valence-corrected chi connectivity index (χ4v) is 2.45. The molecule has 29 heavy (non-hydrogen) atoms. The van der Waals surface area contributed by atoms with Crippen LogP contribution in [0.5, 0.6) is 5.88 Å². The topological polar surface area (TPSA) is 127 Å². The van der Waals surface area contributed by atoms with Gasteiger partial charge in [-0.15, -0.1) is 9.78 Å². The van der Waals surface area contributed by atoms with Crippen LogP contribution in [0.1, 0.15) is 32.5 Å². The third kappa shape index (κ3) is 5.15. The lowest BCUT2D eigenvalue weighted by Gasteiger charge is -2.14. The van der Waals surface area contributed by atoms with E-state index in [9.17, 15) is 14.3 Å². The van der Waals surface area contributed by atoms with Gasteiger partial charge in [-0.1, -0.05) is 0 Å². The molecule has 0 bridgehead atoms. The number of nitrogens with one attached hydrogen (secondary N) is 2. The zero-order chi connectivity index (χ0) is 21.0. The first-order chi connectivity index (χ1) is 13.8. The average molecular weight is 401 g/mol. The maximum atomic E-state index is 13.0. The Morgan fingerprint density at radius 2 is 1.93 bits per heavy atom. The molecular weight excluding hydrogens is 381 g/mol. The molecule has 1 unspecified atom stereocenters. The van der Waals surface area contributed by atoms with Crippen LogP contribution in [0.25, 0.3) is 0 Å². The van der Waals surface area contributed by atoms with Gasteiger partial charge >= 0.3 is 6.09 Å². The molecule has 0 spiro atoms. The van der Waals surface area contributed by atoms with Crippen LogP contribution >= 0.6 is 0 Å². The number of carboxylic acid groups (broad SMARTS) is 1. The number of ether oxygens (including phenoxy) is 1. The smallest absolute Gasteiger partial charge is 0.435 e. The Bertz CT molecular complexity index is 991. The van der Waals surface area contributed by atoms with Crippen molar-refractivity contribution in [3.05, 3.63) is 48.3 Å². The SMILES string of the molecule is CC(C)Oc1cc(Nc2cncc(NC(C)c3ccc(F)cn3)n2)nn1C(=O)O. The van der Waals surface area contributed by atoms with E-state index < -0.39 is 11.9 Å². The molecule has 152 valence electrons. The van der Waals surface area contributed by atoms with E-state index in [0.717, 1.165) is 10.9 Å². The molecule has 0 aliphatic rings. The fraction of sp³-hybridized carbons (Fsp3) is 0.278. The maximum Gasteiger partial charge on any atom is 0.435 e. The summed E-state index contributed by atoms with van der Waals surface area (Å²) in [5.74, 6) is 0.717. The quantitative estimate of drug-likeness (QED) is 0.545. The summed E-state index contributed by atoms with van der Waals surface area (Å²) in [5, 5.41) is 19.2. The standard InChI is InChI=1S/C18H20FN7O3/c1-10(2)29-17-6-14(25-26(17)18(27)28)23-16-9-20-8-15(24-16)22-11(3)13-5-4-12(19)7-21-13/h4-11H,1-3H3,(H,27,28)(H2,22,23,24,25). The average Bonchev–Trinajstić information content (AvgIpc) is 3.04. The van der Waals surface area contributed by atoms with Gasteiger partial charge in [-0.05, 0) is 32.9 Å². The Morgan fingerprint density at radius 1 is 1.17 bits per heavy atom. The zero-order valence-corrected chi connectivity index (χ0v) is 16.0. The Morgan fingerprint density at radius 3 is 2.59 bits per heavy atom. The summed E-state index contributed by atoms with van der Waals surface area (Å²) >= 11 is 0. The zero-order valence-electron chi connectivity index (χ0n) is 16.0. The Labute approximate surface area is 165 Å². The summed E-state index contributed by atoms with van der Waals surface area (Å²) in [7, 11) is 0. The highest BCUT2D eigenvalue weighted by Crippen LogP contribution is 2.22. The van der Waals surface area contributed by atoms with Crippen molar-refractivity contribution in [2.24, 2.45) is 0 Å². The lowest BCUT2D eigenvalue weighted by atomic mass is 10.2. The number of aromatic nitrogens is 5. The van der Waals surface area contributed by atoms with Crippen molar-refractivity contribution in [2.75, 3.05) is 10.6 Å². The molecule has 10 nitrogen and oxygen atoms in total. The van der Waals surface area contributed by atoms with Gasteiger partial charge in [0.2, 0.25) is 5.88 Å². The van der Waals surface area contributed by atoms with Crippen LogP contribution in [-0.4, -0.2) is 42.0 Å². The van der Waals surface area contributed by atoms with Crippen LogP contribution in [0, 0.1) is 5.82 Å². The third-order valence-corrected chi connectivity index (χ3v) is 3.66. The number of rotatable bonds is 7. The van der Waals surface area contributed by atoms with Crippen LogP contribution in [0.15, 0.2) is 36.8 Å². The number of halogens is 1. The maximum absolute atomic E-state index is 13.0. The lowest BCUT2D eigenvalue weighted by molar-refractivity contribution is 0.177. The summed E-state index contributed by atoms with van der Waals surface area (Å²) in [6, 6.07) is 4.13. The van der Waals surface area contributed by atoms with E-state index in [1.165, 1.54) is 24.5 Å². The van der Waals surface area contributed by atoms with Gasteiger partial charge in [-0.3, -0.25) is 9.97 Å². The van der Waals surface area contributed by atoms with Crippen LogP contribution < -0.4 is 15.4 Å². The minimum atomic E-state index is -1.27. The Hall–Kier alpha value is -3.76. The molecule has 3 rings (SSSR count). The molecule has 3 N–H and O–H groups in total. The number of nitrogens with zero attached hydrogens (tertiary/aromatic N) is 5. The molecule has 3 aromatic rings. The highest BCUT2D eigenvalue weighted by Gasteiger charge is 2.16. The Balaban J connectivity index is 1.74. The predicted octanol–water partition coefficient (Wildman–Crippen LogP) is 3.44. The second-order valence-corrected chi connectivity index (χ2v) is 6.41. The van der Waals surface area contributed by atoms with Gasteiger partial charge in [-0.2, -0.15) is 0 Å². The van der Waals surface area contributed by atoms with Crippen molar-refractivity contribution >= 4 is 23.5 Å². The number of carbonyl (C=O) groups is 1. The van der Waals surface area contributed by atoms with Crippen LogP contribution in [0.2, 0.25) is 0 Å². The molecule has 11 heteroatoms. The van der Waals surface area contributed by atoms with Crippen molar-refractivity contribution in [3.63, 3.8) is 0 Å². The molecule has 1 atom stereocenters. The molecule has 3 heterocycles. The first kappa shape index (κ1) is 20.0. The van der Waals surface area contributed by atoms with Crippen molar-refractivity contribution in [2.45, 2.75) is 32.9 Å². The predicted molar refractivity (Wildman–Crippen MR) is 103 cm³/mol.